The Hall–Kier alpha value is -0.823. The van der Waals surface area contributed by atoms with Crippen molar-refractivity contribution in [3.8, 4) is 0 Å². The molecule has 0 aliphatic carbocycles. The Balaban J connectivity index is 3.34. The summed E-state index contributed by atoms with van der Waals surface area (Å²) >= 11 is 0. The molecule has 0 unspecified atom stereocenters. The van der Waals surface area contributed by atoms with Crippen LogP contribution in [0.5, 0.6) is 0 Å². The lowest BCUT2D eigenvalue weighted by Crippen LogP contribution is -2.54. The van der Waals surface area contributed by atoms with Gasteiger partial charge >= 0.3 is 5.51 Å². The van der Waals surface area contributed by atoms with E-state index in [0.717, 1.165) is 0 Å². The van der Waals surface area contributed by atoms with Gasteiger partial charge in [0.25, 0.3) is 0 Å². The first-order valence-corrected chi connectivity index (χ1v) is 9.68. The van der Waals surface area contributed by atoms with Gasteiger partial charge in [-0.1, -0.05) is 43.4 Å². The number of benzene rings is 1. The molecule has 0 aliphatic heterocycles. The lowest BCUT2D eigenvalue weighted by atomic mass is 10.4. The van der Waals surface area contributed by atoms with Crippen molar-refractivity contribution in [1.29, 1.82) is 0 Å². The summed E-state index contributed by atoms with van der Waals surface area (Å²) in [4.78, 5) is 0. The maximum atomic E-state index is 12.5. The topological polar surface area (TPSA) is 34.1 Å². The van der Waals surface area contributed by atoms with E-state index in [1.165, 1.54) is 37.4 Å². The second-order valence-electron chi connectivity index (χ2n) is 3.83. The Morgan fingerprint density at radius 1 is 1.06 bits per heavy atom. The molecular formula is C9H11F3O2SSi. The molecule has 0 saturated carbocycles. The normalized spacial score (nSPS) is 13.8. The third-order valence-corrected chi connectivity index (χ3v) is 11.6. The summed E-state index contributed by atoms with van der Waals surface area (Å²) in [6, 6.07) is 7.56. The van der Waals surface area contributed by atoms with Gasteiger partial charge in [-0.2, -0.15) is 13.2 Å². The lowest BCUT2D eigenvalue weighted by molar-refractivity contribution is -0.0415. The molecule has 0 saturated heterocycles. The van der Waals surface area contributed by atoms with Gasteiger partial charge in [0.2, 0.25) is 16.5 Å². The van der Waals surface area contributed by atoms with Crippen LogP contribution >= 0.6 is 0 Å². The number of hydrogen-bond donors (Lipinski definition) is 0. The summed E-state index contributed by atoms with van der Waals surface area (Å²) < 4.78 is 60.2. The van der Waals surface area contributed by atoms with Crippen LogP contribution in [0.3, 0.4) is 0 Å². The monoisotopic (exact) mass is 268 g/mol. The predicted octanol–water partition coefficient (Wildman–Crippen LogP) is 2.03. The first-order chi connectivity index (χ1) is 7.11. The van der Waals surface area contributed by atoms with Crippen LogP contribution in [-0.2, 0) is 9.29 Å². The van der Waals surface area contributed by atoms with Gasteiger partial charge in [0, 0.05) is 0 Å². The van der Waals surface area contributed by atoms with E-state index < -0.39 is 22.0 Å². The zero-order valence-electron chi connectivity index (χ0n) is 8.75. The van der Waals surface area contributed by atoms with Crippen LogP contribution in [0.2, 0.25) is 13.1 Å². The Morgan fingerprint density at radius 2 is 1.50 bits per heavy atom. The molecule has 0 N–H and O–H groups in total. The van der Waals surface area contributed by atoms with E-state index in [9.17, 15) is 21.6 Å². The minimum atomic E-state index is -5.18. The van der Waals surface area contributed by atoms with Crippen molar-refractivity contribution in [3.63, 3.8) is 0 Å². The number of rotatable bonds is 2. The Kier molecular flexibility index (Phi) is 3.21. The van der Waals surface area contributed by atoms with Gasteiger partial charge in [0.1, 0.15) is 0 Å². The quantitative estimate of drug-likeness (QED) is 0.769. The molecule has 16 heavy (non-hydrogen) atoms. The van der Waals surface area contributed by atoms with Crippen LogP contribution in [0.25, 0.3) is 0 Å². The van der Waals surface area contributed by atoms with Gasteiger partial charge in [-0.05, 0) is 5.19 Å². The molecule has 1 aromatic carbocycles. The third kappa shape index (κ3) is 2.01. The molecule has 0 radical (unpaired) electrons. The summed E-state index contributed by atoms with van der Waals surface area (Å²) in [6.45, 7) is 2.37. The minimum absolute atomic E-state index is 0.257. The SMILES string of the molecule is C[Si](C)(c1ccccc1)S(=O)(=O)C(F)(F)F. The molecule has 7 heteroatoms. The second kappa shape index (κ2) is 3.88. The van der Waals surface area contributed by atoms with Crippen molar-refractivity contribution in [2.75, 3.05) is 0 Å². The van der Waals surface area contributed by atoms with E-state index >= 15 is 0 Å². The zero-order valence-corrected chi connectivity index (χ0v) is 10.6. The predicted molar refractivity (Wildman–Crippen MR) is 58.5 cm³/mol. The van der Waals surface area contributed by atoms with Gasteiger partial charge in [0.05, 0.1) is 0 Å². The van der Waals surface area contributed by atoms with Crippen LogP contribution in [-0.4, -0.2) is 21.1 Å². The summed E-state index contributed by atoms with van der Waals surface area (Å²) in [5.41, 5.74) is -5.18. The van der Waals surface area contributed by atoms with Crippen LogP contribution in [0, 0.1) is 0 Å². The molecular weight excluding hydrogens is 257 g/mol. The highest BCUT2D eigenvalue weighted by molar-refractivity contribution is 8.23. The molecule has 0 spiro atoms. The van der Waals surface area contributed by atoms with E-state index in [0.29, 0.717) is 0 Å². The molecule has 0 atom stereocenters. The molecule has 0 heterocycles. The number of alkyl halides is 3. The first-order valence-electron chi connectivity index (χ1n) is 4.47. The molecule has 0 aromatic heterocycles. The molecule has 0 aliphatic rings. The fraction of sp³-hybridized carbons (Fsp3) is 0.333. The van der Waals surface area contributed by atoms with Crippen LogP contribution in [0.15, 0.2) is 30.3 Å². The van der Waals surface area contributed by atoms with Crippen LogP contribution in [0.4, 0.5) is 13.2 Å². The average molecular weight is 268 g/mol. The van der Waals surface area contributed by atoms with E-state index in [1.54, 1.807) is 6.07 Å². The third-order valence-electron chi connectivity index (χ3n) is 2.45. The lowest BCUT2D eigenvalue weighted by Gasteiger charge is -2.23. The van der Waals surface area contributed by atoms with E-state index in [1.807, 2.05) is 0 Å². The van der Waals surface area contributed by atoms with Gasteiger partial charge in [-0.3, -0.25) is 0 Å². The molecule has 2 nitrogen and oxygen atoms in total. The van der Waals surface area contributed by atoms with E-state index in [-0.39, 0.29) is 5.19 Å². The Labute approximate surface area is 92.7 Å². The first kappa shape index (κ1) is 13.2. The van der Waals surface area contributed by atoms with Gasteiger partial charge < -0.3 is 0 Å². The molecule has 1 aromatic rings. The minimum Gasteiger partial charge on any atom is -0.227 e. The Bertz CT molecular complexity index is 465. The second-order valence-corrected chi connectivity index (χ2v) is 13.6. The number of halogens is 3. The smallest absolute Gasteiger partial charge is 0.227 e. The van der Waals surface area contributed by atoms with Gasteiger partial charge in [0.15, 0.2) is 0 Å². The number of hydrogen-bond acceptors (Lipinski definition) is 2. The van der Waals surface area contributed by atoms with Crippen molar-refractivity contribution in [2.24, 2.45) is 0 Å². The highest BCUT2D eigenvalue weighted by atomic mass is 32.4. The molecule has 0 amide bonds. The highest BCUT2D eigenvalue weighted by Gasteiger charge is 2.56. The Morgan fingerprint density at radius 3 is 1.88 bits per heavy atom. The molecule has 0 bridgehead atoms. The molecule has 90 valence electrons. The van der Waals surface area contributed by atoms with E-state index in [4.69, 9.17) is 0 Å². The summed E-state index contributed by atoms with van der Waals surface area (Å²) in [7, 11) is -8.69. The van der Waals surface area contributed by atoms with Crippen molar-refractivity contribution < 1.29 is 21.6 Å². The standard InChI is InChI=1S/C9H11F3O2SSi/c1-16(2,8-6-4-3-5-7-8)15(13,14)9(10,11)12/h3-7H,1-2H3. The fourth-order valence-corrected chi connectivity index (χ4v) is 6.24. The molecule has 0 fully saturated rings. The van der Waals surface area contributed by atoms with Crippen molar-refractivity contribution in [2.45, 2.75) is 18.6 Å². The van der Waals surface area contributed by atoms with E-state index in [2.05, 4.69) is 0 Å². The van der Waals surface area contributed by atoms with Gasteiger partial charge in [-0.15, -0.1) is 0 Å². The fourth-order valence-electron chi connectivity index (χ4n) is 1.28. The van der Waals surface area contributed by atoms with Crippen molar-refractivity contribution in [3.05, 3.63) is 30.3 Å². The summed E-state index contributed by atoms with van der Waals surface area (Å²) in [5, 5.41) is 0.257. The largest absolute Gasteiger partial charge is 0.491 e. The summed E-state index contributed by atoms with van der Waals surface area (Å²) in [6.07, 6.45) is 0. The summed E-state index contributed by atoms with van der Waals surface area (Å²) in [5.74, 6) is 0. The highest BCUT2D eigenvalue weighted by Crippen LogP contribution is 2.30. The van der Waals surface area contributed by atoms with Crippen LogP contribution < -0.4 is 5.19 Å². The van der Waals surface area contributed by atoms with Crippen LogP contribution in [0.1, 0.15) is 0 Å². The van der Waals surface area contributed by atoms with Crippen molar-refractivity contribution in [1.82, 2.24) is 0 Å². The maximum Gasteiger partial charge on any atom is 0.491 e. The van der Waals surface area contributed by atoms with Crippen molar-refractivity contribution >= 4 is 21.7 Å². The average Bonchev–Trinajstić information content (AvgIpc) is 2.17. The van der Waals surface area contributed by atoms with Gasteiger partial charge in [-0.25, -0.2) is 8.42 Å². The maximum absolute atomic E-state index is 12.5. The zero-order chi connectivity index (χ0) is 12.6. The molecule has 1 rings (SSSR count).